The van der Waals surface area contributed by atoms with Crippen LogP contribution in [0.4, 0.5) is 0 Å². The van der Waals surface area contributed by atoms with Gasteiger partial charge in [-0.25, -0.2) is 0 Å². The van der Waals surface area contributed by atoms with E-state index in [0.29, 0.717) is 10.6 Å². The van der Waals surface area contributed by atoms with Crippen LogP contribution in [0.15, 0.2) is 92.6 Å². The second kappa shape index (κ2) is 11.8. The first-order valence-corrected chi connectivity index (χ1v) is 12.0. The van der Waals surface area contributed by atoms with Crippen LogP contribution in [0.2, 0.25) is 5.02 Å². The summed E-state index contributed by atoms with van der Waals surface area (Å²) in [5, 5.41) is 12.7. The van der Waals surface area contributed by atoms with E-state index in [1.54, 1.807) is 55.3 Å². The number of amides is 1. The lowest BCUT2D eigenvalue weighted by Gasteiger charge is -2.10. The van der Waals surface area contributed by atoms with Crippen molar-refractivity contribution >= 4 is 47.7 Å². The molecule has 0 aliphatic heterocycles. The molecule has 0 fully saturated rings. The van der Waals surface area contributed by atoms with Crippen LogP contribution in [0.3, 0.4) is 0 Å². The maximum absolute atomic E-state index is 12.2. The van der Waals surface area contributed by atoms with E-state index in [4.69, 9.17) is 11.6 Å². The highest BCUT2D eigenvalue weighted by Crippen LogP contribution is 2.33. The quantitative estimate of drug-likeness (QED) is 0.338. The predicted molar refractivity (Wildman–Crippen MR) is 136 cm³/mol. The summed E-state index contributed by atoms with van der Waals surface area (Å²) >= 11 is 9.35. The normalized spacial score (nSPS) is 11.2. The summed E-state index contributed by atoms with van der Waals surface area (Å²) < 4.78 is 0. The lowest BCUT2D eigenvalue weighted by atomic mass is 10.1. The summed E-state index contributed by atoms with van der Waals surface area (Å²) in [6, 6.07) is 20.7. The molecular formula is C25H23ClN2O2S2. The summed E-state index contributed by atoms with van der Waals surface area (Å²) in [5.41, 5.74) is 2.88. The molecule has 3 aromatic rings. The number of aliphatic imine (C=N–C) groups is 1. The van der Waals surface area contributed by atoms with Gasteiger partial charge in [-0.05, 0) is 60.3 Å². The van der Waals surface area contributed by atoms with Crippen molar-refractivity contribution in [3.05, 3.63) is 99.5 Å². The predicted octanol–water partition coefficient (Wildman–Crippen LogP) is 6.57. The molecule has 4 nitrogen and oxygen atoms in total. The fourth-order valence-electron chi connectivity index (χ4n) is 2.91. The Bertz CT molecular complexity index is 1110. The van der Waals surface area contributed by atoms with Crippen molar-refractivity contribution in [2.75, 3.05) is 7.05 Å². The number of carbonyl (C=O) groups is 1. The van der Waals surface area contributed by atoms with Crippen LogP contribution in [0, 0.1) is 0 Å². The summed E-state index contributed by atoms with van der Waals surface area (Å²) in [5.74, 6) is 0.908. The molecular weight excluding hydrogens is 460 g/mol. The summed E-state index contributed by atoms with van der Waals surface area (Å²) in [7, 11) is 1.61. The third-order valence-corrected chi connectivity index (χ3v) is 6.94. The molecule has 32 heavy (non-hydrogen) atoms. The summed E-state index contributed by atoms with van der Waals surface area (Å²) in [4.78, 5) is 19.0. The molecule has 3 rings (SSSR count). The average molecular weight is 483 g/mol. The van der Waals surface area contributed by atoms with Crippen LogP contribution in [0.5, 0.6) is 5.75 Å². The van der Waals surface area contributed by atoms with Gasteiger partial charge in [0.1, 0.15) is 5.75 Å². The summed E-state index contributed by atoms with van der Waals surface area (Å²) in [6.45, 7) is 3.59. The summed E-state index contributed by atoms with van der Waals surface area (Å²) in [6.07, 6.45) is 2.53. The van der Waals surface area contributed by atoms with E-state index in [1.165, 1.54) is 11.8 Å². The van der Waals surface area contributed by atoms with Crippen LogP contribution >= 0.6 is 35.1 Å². The molecule has 1 amide bonds. The lowest BCUT2D eigenvalue weighted by molar-refractivity contribution is 0.0960. The molecule has 3 aromatic carbocycles. The van der Waals surface area contributed by atoms with E-state index < -0.39 is 0 Å². The highest BCUT2D eigenvalue weighted by molar-refractivity contribution is 8.02. The molecule has 0 spiro atoms. The number of allylic oxidation sites excluding steroid dienone is 1. The van der Waals surface area contributed by atoms with Crippen molar-refractivity contribution < 1.29 is 9.90 Å². The third kappa shape index (κ3) is 6.92. The average Bonchev–Trinajstić information content (AvgIpc) is 2.79. The first-order chi connectivity index (χ1) is 15.5. The fourth-order valence-corrected chi connectivity index (χ4v) is 5.09. The first kappa shape index (κ1) is 24.0. The maximum atomic E-state index is 12.2. The Morgan fingerprint density at radius 1 is 1.09 bits per heavy atom. The number of hydrogen-bond donors (Lipinski definition) is 2. The molecule has 2 N–H and O–H groups in total. The SMILES string of the molecule is C=N/C=C(/Cc1ccc(Sc2cc(Cl)ccc2C(=O)NC)cc1)SCc1ccc(O)cc1. The second-order valence-electron chi connectivity index (χ2n) is 6.88. The monoisotopic (exact) mass is 482 g/mol. The minimum absolute atomic E-state index is 0.141. The van der Waals surface area contributed by atoms with Crippen LogP contribution in [0.25, 0.3) is 0 Å². The molecule has 0 unspecified atom stereocenters. The number of aromatic hydroxyl groups is 1. The molecule has 0 saturated heterocycles. The lowest BCUT2D eigenvalue weighted by Crippen LogP contribution is -2.18. The van der Waals surface area contributed by atoms with Crippen molar-refractivity contribution in [3.8, 4) is 5.75 Å². The van der Waals surface area contributed by atoms with Gasteiger partial charge in [0.2, 0.25) is 0 Å². The molecule has 7 heteroatoms. The van der Waals surface area contributed by atoms with Crippen molar-refractivity contribution in [2.45, 2.75) is 22.0 Å². The van der Waals surface area contributed by atoms with Gasteiger partial charge in [-0.15, -0.1) is 11.8 Å². The van der Waals surface area contributed by atoms with Crippen molar-refractivity contribution in [1.82, 2.24) is 5.32 Å². The van der Waals surface area contributed by atoms with Crippen LogP contribution in [0.1, 0.15) is 21.5 Å². The van der Waals surface area contributed by atoms with Gasteiger partial charge in [0.25, 0.3) is 5.91 Å². The second-order valence-corrected chi connectivity index (χ2v) is 9.53. The highest BCUT2D eigenvalue weighted by atomic mass is 35.5. The van der Waals surface area contributed by atoms with Gasteiger partial charge in [0.05, 0.1) is 5.56 Å². The standard InChI is InChI=1S/C25H23ClN2O2S2/c1-27-15-22(31-16-18-3-8-20(29)9-4-18)13-17-5-10-21(11-6-17)32-24-14-19(26)7-12-23(24)25(30)28-2/h3-12,14-15,29H,1,13,16H2,2H3,(H,28,30)/b22-15-. The van der Waals surface area contributed by atoms with Gasteiger partial charge in [-0.3, -0.25) is 9.79 Å². The Hall–Kier alpha value is -2.67. The van der Waals surface area contributed by atoms with Gasteiger partial charge in [-0.2, -0.15) is 0 Å². The van der Waals surface area contributed by atoms with Gasteiger partial charge in [0.15, 0.2) is 0 Å². The molecule has 0 saturated carbocycles. The fraction of sp³-hybridized carbons (Fsp3) is 0.120. The Morgan fingerprint density at radius 2 is 1.78 bits per heavy atom. The zero-order valence-electron chi connectivity index (χ0n) is 17.5. The number of thioether (sulfide) groups is 1. The van der Waals surface area contributed by atoms with Gasteiger partial charge < -0.3 is 10.4 Å². The molecule has 0 aliphatic rings. The number of nitrogens with zero attached hydrogens (tertiary/aromatic N) is 1. The molecule has 0 aromatic heterocycles. The molecule has 0 bridgehead atoms. The maximum Gasteiger partial charge on any atom is 0.252 e. The Kier molecular flexibility index (Phi) is 8.85. The number of halogens is 1. The Morgan fingerprint density at radius 3 is 2.44 bits per heavy atom. The highest BCUT2D eigenvalue weighted by Gasteiger charge is 2.12. The van der Waals surface area contributed by atoms with E-state index in [1.807, 2.05) is 24.3 Å². The van der Waals surface area contributed by atoms with Gasteiger partial charge in [0, 0.05) is 45.1 Å². The van der Waals surface area contributed by atoms with Gasteiger partial charge in [-0.1, -0.05) is 47.6 Å². The van der Waals surface area contributed by atoms with E-state index >= 15 is 0 Å². The minimum Gasteiger partial charge on any atom is -0.508 e. The Balaban J connectivity index is 1.67. The number of phenolic OH excluding ortho intramolecular Hbond substituents is 1. The molecule has 0 heterocycles. The van der Waals surface area contributed by atoms with Crippen molar-refractivity contribution in [3.63, 3.8) is 0 Å². The molecule has 0 radical (unpaired) electrons. The molecule has 164 valence electrons. The third-order valence-electron chi connectivity index (χ3n) is 4.54. The van der Waals surface area contributed by atoms with Crippen molar-refractivity contribution in [2.24, 2.45) is 4.99 Å². The number of rotatable bonds is 9. The van der Waals surface area contributed by atoms with Crippen molar-refractivity contribution in [1.29, 1.82) is 0 Å². The minimum atomic E-state index is -0.141. The number of hydrogen-bond acceptors (Lipinski definition) is 5. The molecule has 0 aliphatic carbocycles. The number of carbonyl (C=O) groups excluding carboxylic acids is 1. The topological polar surface area (TPSA) is 61.7 Å². The van der Waals surface area contributed by atoms with E-state index in [0.717, 1.165) is 38.0 Å². The number of phenols is 1. The first-order valence-electron chi connectivity index (χ1n) is 9.82. The van der Waals surface area contributed by atoms with Crippen LogP contribution in [-0.4, -0.2) is 24.8 Å². The smallest absolute Gasteiger partial charge is 0.252 e. The van der Waals surface area contributed by atoms with E-state index in [9.17, 15) is 9.90 Å². The van der Waals surface area contributed by atoms with E-state index in [-0.39, 0.29) is 11.7 Å². The van der Waals surface area contributed by atoms with Crippen LogP contribution < -0.4 is 5.32 Å². The van der Waals surface area contributed by atoms with Gasteiger partial charge >= 0.3 is 0 Å². The molecule has 0 atom stereocenters. The van der Waals surface area contributed by atoms with Crippen LogP contribution in [-0.2, 0) is 12.2 Å². The van der Waals surface area contributed by atoms with E-state index in [2.05, 4.69) is 29.2 Å². The number of benzene rings is 3. The number of nitrogens with one attached hydrogen (secondary N) is 1. The zero-order valence-corrected chi connectivity index (χ0v) is 19.9. The largest absolute Gasteiger partial charge is 0.508 e. The zero-order chi connectivity index (χ0) is 22.9. The Labute approximate surface area is 201 Å².